The number of hydrogen-bond donors (Lipinski definition) is 0. The summed E-state index contributed by atoms with van der Waals surface area (Å²) >= 11 is 0. The Hall–Kier alpha value is -6.85. The van der Waals surface area contributed by atoms with Crippen molar-refractivity contribution in [3.05, 3.63) is 158 Å². The van der Waals surface area contributed by atoms with Gasteiger partial charge in [0.25, 0.3) is 0 Å². The van der Waals surface area contributed by atoms with Crippen molar-refractivity contribution in [3.8, 4) is 44.8 Å². The average Bonchev–Trinajstić information content (AvgIpc) is 3.84. The number of rotatable bonds is 4. The number of benzene rings is 5. The lowest BCUT2D eigenvalue weighted by Crippen LogP contribution is -1.92. The van der Waals surface area contributed by atoms with Crippen LogP contribution in [0.5, 0.6) is 0 Å². The molecule has 5 aromatic carbocycles. The van der Waals surface area contributed by atoms with Crippen LogP contribution in [0, 0.1) is 0 Å². The molecular formula is C45H26N4O. The van der Waals surface area contributed by atoms with Crippen LogP contribution < -0.4 is 0 Å². The lowest BCUT2D eigenvalue weighted by atomic mass is 9.97. The summed E-state index contributed by atoms with van der Waals surface area (Å²) in [5.74, 6) is 0. The number of hydrogen-bond acceptors (Lipinski definition) is 4. The van der Waals surface area contributed by atoms with Crippen LogP contribution in [-0.4, -0.2) is 19.4 Å². The van der Waals surface area contributed by atoms with Gasteiger partial charge in [-0.3, -0.25) is 9.97 Å². The molecule has 0 amide bonds. The lowest BCUT2D eigenvalue weighted by Gasteiger charge is -2.10. The molecular weight excluding hydrogens is 613 g/mol. The van der Waals surface area contributed by atoms with E-state index in [2.05, 4.69) is 130 Å². The molecule has 0 aliphatic carbocycles. The summed E-state index contributed by atoms with van der Waals surface area (Å²) in [4.78, 5) is 13.9. The van der Waals surface area contributed by atoms with Crippen LogP contribution in [0.1, 0.15) is 0 Å². The first-order valence-electron chi connectivity index (χ1n) is 16.7. The Morgan fingerprint density at radius 2 is 0.940 bits per heavy atom. The predicted octanol–water partition coefficient (Wildman–Crippen LogP) is 11.6. The zero-order valence-electron chi connectivity index (χ0n) is 26.7. The van der Waals surface area contributed by atoms with E-state index in [0.717, 1.165) is 61.1 Å². The molecule has 0 N–H and O–H groups in total. The highest BCUT2D eigenvalue weighted by molar-refractivity contribution is 6.24. The van der Waals surface area contributed by atoms with E-state index in [1.807, 2.05) is 30.6 Å². The molecule has 0 radical (unpaired) electrons. The standard InChI is InChI=1S/C45H26N4O/c1-3-11-41-33(9-1)37-21-31(22-38-34-10-2-4-12-42(34)49(41)45(37)38)27-13-15-43-35(19-27)36-20-28(14-16-44(36)50-43)39-23-32(29-7-5-17-46-25-29)24-40(48-39)30-8-6-18-47-26-30/h1-26H. The normalized spacial score (nSPS) is 12.0. The van der Waals surface area contributed by atoms with Crippen molar-refractivity contribution < 1.29 is 4.42 Å². The minimum atomic E-state index is 0.850. The van der Waals surface area contributed by atoms with Crippen molar-refractivity contribution in [2.24, 2.45) is 0 Å². The van der Waals surface area contributed by atoms with Gasteiger partial charge in [-0.1, -0.05) is 48.5 Å². The van der Waals surface area contributed by atoms with Gasteiger partial charge in [-0.15, -0.1) is 0 Å². The number of furan rings is 1. The minimum Gasteiger partial charge on any atom is -0.456 e. The van der Waals surface area contributed by atoms with Crippen molar-refractivity contribution in [3.63, 3.8) is 0 Å². The maximum atomic E-state index is 6.40. The van der Waals surface area contributed by atoms with Gasteiger partial charge in [0.2, 0.25) is 0 Å². The molecule has 0 aliphatic rings. The molecule has 0 spiro atoms. The van der Waals surface area contributed by atoms with E-state index in [9.17, 15) is 0 Å². The molecule has 0 fully saturated rings. The summed E-state index contributed by atoms with van der Waals surface area (Å²) in [6, 6.07) is 47.3. The van der Waals surface area contributed by atoms with Crippen LogP contribution >= 0.6 is 0 Å². The molecule has 6 aromatic heterocycles. The fraction of sp³-hybridized carbons (Fsp3) is 0. The van der Waals surface area contributed by atoms with Crippen LogP contribution in [0.4, 0.5) is 0 Å². The van der Waals surface area contributed by atoms with Crippen molar-refractivity contribution in [2.75, 3.05) is 0 Å². The molecule has 6 heterocycles. The molecule has 11 aromatic rings. The fourth-order valence-electron chi connectivity index (χ4n) is 7.77. The van der Waals surface area contributed by atoms with Gasteiger partial charge in [0.1, 0.15) is 11.2 Å². The molecule has 0 atom stereocenters. The molecule has 232 valence electrons. The zero-order chi connectivity index (χ0) is 32.8. The molecule has 0 aliphatic heterocycles. The highest BCUT2D eigenvalue weighted by Crippen LogP contribution is 2.43. The van der Waals surface area contributed by atoms with Gasteiger partial charge in [-0.2, -0.15) is 0 Å². The first-order chi connectivity index (χ1) is 24.8. The summed E-state index contributed by atoms with van der Waals surface area (Å²) in [5.41, 5.74) is 13.6. The van der Waals surface area contributed by atoms with E-state index in [0.29, 0.717) is 0 Å². The van der Waals surface area contributed by atoms with Gasteiger partial charge in [0, 0.05) is 73.8 Å². The molecule has 11 rings (SSSR count). The van der Waals surface area contributed by atoms with Crippen molar-refractivity contribution in [2.45, 2.75) is 0 Å². The van der Waals surface area contributed by atoms with Crippen LogP contribution in [0.3, 0.4) is 0 Å². The lowest BCUT2D eigenvalue weighted by molar-refractivity contribution is 0.669. The van der Waals surface area contributed by atoms with Gasteiger partial charge in [-0.25, -0.2) is 4.98 Å². The minimum absolute atomic E-state index is 0.850. The van der Waals surface area contributed by atoms with Crippen molar-refractivity contribution >= 4 is 60.0 Å². The summed E-state index contributed by atoms with van der Waals surface area (Å²) in [6.45, 7) is 0. The van der Waals surface area contributed by atoms with Crippen molar-refractivity contribution in [1.29, 1.82) is 0 Å². The average molecular weight is 639 g/mol. The van der Waals surface area contributed by atoms with Crippen molar-refractivity contribution in [1.82, 2.24) is 19.4 Å². The molecule has 5 nitrogen and oxygen atoms in total. The van der Waals surface area contributed by atoms with Crippen LogP contribution in [0.25, 0.3) is 105 Å². The zero-order valence-corrected chi connectivity index (χ0v) is 26.7. The Labute approximate surface area is 286 Å². The Kier molecular flexibility index (Phi) is 5.60. The monoisotopic (exact) mass is 638 g/mol. The number of pyridine rings is 3. The highest BCUT2D eigenvalue weighted by atomic mass is 16.3. The predicted molar refractivity (Wildman–Crippen MR) is 204 cm³/mol. The molecule has 0 saturated heterocycles. The topological polar surface area (TPSA) is 56.2 Å². The number of fused-ring (bicyclic) bond motifs is 9. The van der Waals surface area contributed by atoms with E-state index in [4.69, 9.17) is 9.40 Å². The van der Waals surface area contributed by atoms with E-state index in [-0.39, 0.29) is 0 Å². The van der Waals surface area contributed by atoms with Gasteiger partial charge in [0.05, 0.1) is 27.9 Å². The summed E-state index contributed by atoms with van der Waals surface area (Å²) in [6.07, 6.45) is 7.32. The first kappa shape index (κ1) is 27.1. The Bertz CT molecular complexity index is 2950. The molecule has 5 heteroatoms. The Balaban J connectivity index is 1.10. The quantitative estimate of drug-likeness (QED) is 0.192. The van der Waals surface area contributed by atoms with Gasteiger partial charge in [0.15, 0.2) is 0 Å². The van der Waals surface area contributed by atoms with E-state index < -0.39 is 0 Å². The Morgan fingerprint density at radius 3 is 1.58 bits per heavy atom. The Morgan fingerprint density at radius 1 is 0.400 bits per heavy atom. The molecule has 0 unspecified atom stereocenters. The second kappa shape index (κ2) is 10.3. The van der Waals surface area contributed by atoms with Gasteiger partial charge >= 0.3 is 0 Å². The summed E-state index contributed by atoms with van der Waals surface area (Å²) in [5, 5.41) is 7.22. The molecule has 50 heavy (non-hydrogen) atoms. The van der Waals surface area contributed by atoms with E-state index in [1.165, 1.54) is 43.7 Å². The fourth-order valence-corrected chi connectivity index (χ4v) is 7.77. The van der Waals surface area contributed by atoms with Crippen LogP contribution in [-0.2, 0) is 0 Å². The summed E-state index contributed by atoms with van der Waals surface area (Å²) < 4.78 is 8.82. The maximum Gasteiger partial charge on any atom is 0.135 e. The molecule has 0 saturated carbocycles. The van der Waals surface area contributed by atoms with E-state index >= 15 is 0 Å². The van der Waals surface area contributed by atoms with Crippen LogP contribution in [0.2, 0.25) is 0 Å². The molecule has 0 bridgehead atoms. The van der Waals surface area contributed by atoms with Crippen LogP contribution in [0.15, 0.2) is 163 Å². The first-order valence-corrected chi connectivity index (χ1v) is 16.7. The third kappa shape index (κ3) is 3.98. The number of aromatic nitrogens is 4. The third-order valence-corrected chi connectivity index (χ3v) is 10.1. The SMILES string of the molecule is c1cncc(-c2cc(-c3cccnc3)nc(-c3ccc4oc5ccc(-c6cc7c8ccccc8n8c9ccccc9c(c6)c78)cc5c4c3)c2)c1. The number of para-hydroxylation sites is 2. The third-order valence-electron chi connectivity index (χ3n) is 10.1. The highest BCUT2D eigenvalue weighted by Gasteiger charge is 2.19. The number of nitrogens with zero attached hydrogens (tertiary/aromatic N) is 4. The van der Waals surface area contributed by atoms with Gasteiger partial charge in [-0.05, 0) is 102 Å². The summed E-state index contributed by atoms with van der Waals surface area (Å²) in [7, 11) is 0. The maximum absolute atomic E-state index is 6.40. The smallest absolute Gasteiger partial charge is 0.135 e. The second-order valence-electron chi connectivity index (χ2n) is 12.9. The van der Waals surface area contributed by atoms with E-state index in [1.54, 1.807) is 12.4 Å². The second-order valence-corrected chi connectivity index (χ2v) is 12.9. The van der Waals surface area contributed by atoms with Gasteiger partial charge < -0.3 is 8.82 Å². The largest absolute Gasteiger partial charge is 0.456 e.